The van der Waals surface area contributed by atoms with Crippen LogP contribution in [-0.2, 0) is 6.54 Å². The Hall–Kier alpha value is -1.64. The molecule has 2 heteroatoms. The van der Waals surface area contributed by atoms with Crippen molar-refractivity contribution in [3.05, 3.63) is 71.8 Å². The molecular weight excluding hydrogens is 256 g/mol. The molecule has 0 amide bonds. The van der Waals surface area contributed by atoms with Gasteiger partial charge in [-0.2, -0.15) is 0 Å². The summed E-state index contributed by atoms with van der Waals surface area (Å²) in [6.07, 6.45) is 2.39. The highest BCUT2D eigenvalue weighted by molar-refractivity contribution is 5.19. The van der Waals surface area contributed by atoms with E-state index in [1.54, 1.807) is 0 Å². The number of piperidine rings is 1. The van der Waals surface area contributed by atoms with E-state index in [0.29, 0.717) is 5.92 Å². The Morgan fingerprint density at radius 1 is 0.905 bits per heavy atom. The Labute approximate surface area is 127 Å². The lowest BCUT2D eigenvalue weighted by molar-refractivity contribution is 0.162. The number of likely N-dealkylation sites (tertiary alicyclic amines) is 1. The first-order valence-electron chi connectivity index (χ1n) is 7.90. The van der Waals surface area contributed by atoms with E-state index in [-0.39, 0.29) is 6.04 Å². The summed E-state index contributed by atoms with van der Waals surface area (Å²) in [5, 5.41) is 0. The third-order valence-corrected chi connectivity index (χ3v) is 4.57. The second-order valence-corrected chi connectivity index (χ2v) is 6.04. The van der Waals surface area contributed by atoms with Gasteiger partial charge in [0.25, 0.3) is 0 Å². The van der Waals surface area contributed by atoms with Crippen molar-refractivity contribution in [3.63, 3.8) is 0 Å². The molecule has 3 rings (SSSR count). The number of rotatable bonds is 4. The van der Waals surface area contributed by atoms with E-state index < -0.39 is 0 Å². The molecule has 2 nitrogen and oxygen atoms in total. The molecule has 21 heavy (non-hydrogen) atoms. The van der Waals surface area contributed by atoms with Crippen molar-refractivity contribution in [2.24, 2.45) is 11.7 Å². The minimum atomic E-state index is 0.185. The zero-order valence-corrected chi connectivity index (χ0v) is 12.5. The fourth-order valence-electron chi connectivity index (χ4n) is 3.26. The van der Waals surface area contributed by atoms with Crippen LogP contribution in [0.2, 0.25) is 0 Å². The summed E-state index contributed by atoms with van der Waals surface area (Å²) in [5.74, 6) is 0.611. The topological polar surface area (TPSA) is 29.3 Å². The summed E-state index contributed by atoms with van der Waals surface area (Å²) in [5.41, 5.74) is 9.13. The van der Waals surface area contributed by atoms with Crippen molar-refractivity contribution >= 4 is 0 Å². The Balaban J connectivity index is 1.53. The highest BCUT2D eigenvalue weighted by Gasteiger charge is 2.25. The summed E-state index contributed by atoms with van der Waals surface area (Å²) < 4.78 is 0. The molecule has 1 aliphatic rings. The fourth-order valence-corrected chi connectivity index (χ4v) is 3.26. The van der Waals surface area contributed by atoms with Crippen LogP contribution in [0, 0.1) is 5.92 Å². The van der Waals surface area contributed by atoms with Gasteiger partial charge in [0.05, 0.1) is 0 Å². The first kappa shape index (κ1) is 14.3. The monoisotopic (exact) mass is 280 g/mol. The minimum Gasteiger partial charge on any atom is -0.324 e. The molecule has 0 saturated carbocycles. The molecule has 1 unspecified atom stereocenters. The maximum absolute atomic E-state index is 6.45. The van der Waals surface area contributed by atoms with Crippen molar-refractivity contribution in [3.8, 4) is 0 Å². The molecule has 0 bridgehead atoms. The van der Waals surface area contributed by atoms with Crippen molar-refractivity contribution in [2.75, 3.05) is 13.1 Å². The molecule has 1 fully saturated rings. The van der Waals surface area contributed by atoms with Gasteiger partial charge < -0.3 is 5.73 Å². The number of nitrogens with zero attached hydrogens (tertiary/aromatic N) is 1. The van der Waals surface area contributed by atoms with Gasteiger partial charge in [0.15, 0.2) is 0 Å². The molecule has 0 radical (unpaired) electrons. The van der Waals surface area contributed by atoms with Crippen molar-refractivity contribution in [1.29, 1.82) is 0 Å². The van der Waals surface area contributed by atoms with Gasteiger partial charge in [0.2, 0.25) is 0 Å². The molecule has 2 aromatic rings. The first-order valence-corrected chi connectivity index (χ1v) is 7.90. The molecule has 1 heterocycles. The van der Waals surface area contributed by atoms with Gasteiger partial charge in [0.1, 0.15) is 0 Å². The van der Waals surface area contributed by atoms with Crippen LogP contribution in [0.1, 0.15) is 30.0 Å². The van der Waals surface area contributed by atoms with E-state index in [9.17, 15) is 0 Å². The highest BCUT2D eigenvalue weighted by atomic mass is 15.1. The van der Waals surface area contributed by atoms with Gasteiger partial charge in [0, 0.05) is 12.6 Å². The van der Waals surface area contributed by atoms with Gasteiger partial charge in [-0.15, -0.1) is 0 Å². The first-order chi connectivity index (χ1) is 10.3. The minimum absolute atomic E-state index is 0.185. The molecule has 0 spiro atoms. The second kappa shape index (κ2) is 6.88. The standard InChI is InChI=1S/C19H24N2/c20-19(17-9-5-2-6-10-17)18-11-13-21(14-12-18)15-16-7-3-1-4-8-16/h1-10,18-19H,11-15,20H2. The maximum atomic E-state index is 6.45. The van der Waals surface area contributed by atoms with Crippen molar-refractivity contribution < 1.29 is 0 Å². The highest BCUT2D eigenvalue weighted by Crippen LogP contribution is 2.29. The van der Waals surface area contributed by atoms with Crippen LogP contribution >= 0.6 is 0 Å². The third kappa shape index (κ3) is 3.72. The van der Waals surface area contributed by atoms with Crippen molar-refractivity contribution in [1.82, 2.24) is 4.90 Å². The summed E-state index contributed by atoms with van der Waals surface area (Å²) in [6, 6.07) is 21.4. The number of benzene rings is 2. The van der Waals surface area contributed by atoms with Crippen molar-refractivity contribution in [2.45, 2.75) is 25.4 Å². The lowest BCUT2D eigenvalue weighted by atomic mass is 9.86. The predicted molar refractivity (Wildman–Crippen MR) is 87.8 cm³/mol. The summed E-state index contributed by atoms with van der Waals surface area (Å²) in [6.45, 7) is 3.37. The second-order valence-electron chi connectivity index (χ2n) is 6.04. The SMILES string of the molecule is NC(c1ccccc1)C1CCN(Cc2ccccc2)CC1. The van der Waals surface area contributed by atoms with Crippen LogP contribution in [0.15, 0.2) is 60.7 Å². The number of nitrogens with two attached hydrogens (primary N) is 1. The van der Waals surface area contributed by atoms with E-state index >= 15 is 0 Å². The van der Waals surface area contributed by atoms with Gasteiger partial charge in [-0.3, -0.25) is 4.90 Å². The van der Waals surface area contributed by atoms with Gasteiger partial charge in [-0.05, 0) is 43.0 Å². The molecule has 110 valence electrons. The van der Waals surface area contributed by atoms with Crippen LogP contribution < -0.4 is 5.73 Å². The van der Waals surface area contributed by atoms with E-state index in [1.807, 2.05) is 0 Å². The maximum Gasteiger partial charge on any atom is 0.0324 e. The van der Waals surface area contributed by atoms with Gasteiger partial charge >= 0.3 is 0 Å². The summed E-state index contributed by atoms with van der Waals surface area (Å²) >= 11 is 0. The van der Waals surface area contributed by atoms with Crippen LogP contribution in [0.25, 0.3) is 0 Å². The van der Waals surface area contributed by atoms with E-state index in [1.165, 1.54) is 24.0 Å². The summed E-state index contributed by atoms with van der Waals surface area (Å²) in [7, 11) is 0. The number of hydrogen-bond acceptors (Lipinski definition) is 2. The molecule has 0 aromatic heterocycles. The quantitative estimate of drug-likeness (QED) is 0.927. The van der Waals surface area contributed by atoms with Gasteiger partial charge in [-0.25, -0.2) is 0 Å². The van der Waals surface area contributed by atoms with Gasteiger partial charge in [-0.1, -0.05) is 60.7 Å². The third-order valence-electron chi connectivity index (χ3n) is 4.57. The molecule has 2 N–H and O–H groups in total. The Bertz CT molecular complexity index is 530. The van der Waals surface area contributed by atoms with Crippen LogP contribution in [0.5, 0.6) is 0 Å². The zero-order valence-electron chi connectivity index (χ0n) is 12.5. The molecule has 2 aromatic carbocycles. The molecular formula is C19H24N2. The van der Waals surface area contributed by atoms with Crippen LogP contribution in [0.4, 0.5) is 0 Å². The van der Waals surface area contributed by atoms with E-state index in [4.69, 9.17) is 5.73 Å². The van der Waals surface area contributed by atoms with E-state index in [2.05, 4.69) is 65.6 Å². The summed E-state index contributed by atoms with van der Waals surface area (Å²) in [4.78, 5) is 2.55. The zero-order chi connectivity index (χ0) is 14.5. The molecule has 0 aliphatic carbocycles. The average molecular weight is 280 g/mol. The number of hydrogen-bond donors (Lipinski definition) is 1. The Morgan fingerprint density at radius 2 is 1.48 bits per heavy atom. The Morgan fingerprint density at radius 3 is 2.10 bits per heavy atom. The molecule has 1 saturated heterocycles. The normalized spacial score (nSPS) is 18.5. The smallest absolute Gasteiger partial charge is 0.0324 e. The molecule has 1 atom stereocenters. The van der Waals surface area contributed by atoms with Crippen LogP contribution in [-0.4, -0.2) is 18.0 Å². The van der Waals surface area contributed by atoms with E-state index in [0.717, 1.165) is 19.6 Å². The molecule has 1 aliphatic heterocycles. The van der Waals surface area contributed by atoms with Crippen LogP contribution in [0.3, 0.4) is 0 Å². The lowest BCUT2D eigenvalue weighted by Crippen LogP contribution is -2.37. The average Bonchev–Trinajstić information content (AvgIpc) is 2.57. The largest absolute Gasteiger partial charge is 0.324 e. The Kier molecular flexibility index (Phi) is 4.69. The fraction of sp³-hybridized carbons (Fsp3) is 0.368. The predicted octanol–water partition coefficient (Wildman–Crippen LogP) is 3.60. The lowest BCUT2D eigenvalue weighted by Gasteiger charge is -2.35.